The van der Waals surface area contributed by atoms with Gasteiger partial charge >= 0.3 is 5.97 Å². The molecule has 1 amide bonds. The minimum absolute atomic E-state index is 0.215. The Morgan fingerprint density at radius 3 is 2.41 bits per heavy atom. The lowest BCUT2D eigenvalue weighted by Gasteiger charge is -2.08. The predicted octanol–water partition coefficient (Wildman–Crippen LogP) is 3.59. The topological polar surface area (TPSA) is 55.4 Å². The number of nitrogens with one attached hydrogen (secondary N) is 1. The second-order valence-electron chi connectivity index (χ2n) is 4.63. The first-order valence-corrected chi connectivity index (χ1v) is 7.30. The molecular weight excluding hydrogens is 302 g/mol. The van der Waals surface area contributed by atoms with Crippen molar-refractivity contribution in [3.05, 3.63) is 64.7 Å². The van der Waals surface area contributed by atoms with Crippen molar-refractivity contribution in [1.29, 1.82) is 0 Å². The van der Waals surface area contributed by atoms with E-state index in [9.17, 15) is 9.59 Å². The van der Waals surface area contributed by atoms with Crippen LogP contribution in [0.5, 0.6) is 5.75 Å². The predicted molar refractivity (Wildman–Crippen MR) is 85.0 cm³/mol. The maximum absolute atomic E-state index is 12.1. The number of hydrogen-bond donors (Lipinski definition) is 1. The number of esters is 1. The van der Waals surface area contributed by atoms with E-state index in [1.807, 2.05) is 18.2 Å². The largest absolute Gasteiger partial charge is 0.427 e. The van der Waals surface area contributed by atoms with Crippen molar-refractivity contribution in [2.45, 2.75) is 19.9 Å². The van der Waals surface area contributed by atoms with Crippen LogP contribution in [0.1, 0.15) is 29.3 Å². The van der Waals surface area contributed by atoms with Crippen LogP contribution < -0.4 is 10.1 Å². The molecule has 0 unspecified atom stereocenters. The summed E-state index contributed by atoms with van der Waals surface area (Å²) < 4.78 is 5.06. The fourth-order valence-corrected chi connectivity index (χ4v) is 2.00. The lowest BCUT2D eigenvalue weighted by molar-refractivity contribution is -0.134. The molecule has 1 N–H and O–H groups in total. The van der Waals surface area contributed by atoms with E-state index in [-0.39, 0.29) is 11.9 Å². The van der Waals surface area contributed by atoms with Crippen LogP contribution in [0.4, 0.5) is 0 Å². The Bertz CT molecular complexity index is 668. The van der Waals surface area contributed by atoms with Crippen LogP contribution in [0.15, 0.2) is 48.5 Å². The van der Waals surface area contributed by atoms with Crippen molar-refractivity contribution in [3.8, 4) is 5.75 Å². The van der Waals surface area contributed by atoms with E-state index in [2.05, 4.69) is 5.32 Å². The van der Waals surface area contributed by atoms with E-state index in [4.69, 9.17) is 16.3 Å². The Morgan fingerprint density at radius 1 is 1.09 bits per heavy atom. The molecule has 0 aliphatic rings. The summed E-state index contributed by atoms with van der Waals surface area (Å²) in [5, 5.41) is 3.41. The van der Waals surface area contributed by atoms with Crippen LogP contribution in [0.3, 0.4) is 0 Å². The third-order valence-corrected chi connectivity index (χ3v) is 3.40. The fraction of sp³-hybridized carbons (Fsp3) is 0.176. The zero-order valence-electron chi connectivity index (χ0n) is 12.1. The van der Waals surface area contributed by atoms with Gasteiger partial charge in [-0.3, -0.25) is 9.59 Å². The summed E-state index contributed by atoms with van der Waals surface area (Å²) in [7, 11) is 0. The van der Waals surface area contributed by atoms with Gasteiger partial charge in [-0.15, -0.1) is 0 Å². The molecule has 2 rings (SSSR count). The van der Waals surface area contributed by atoms with Gasteiger partial charge in [-0.25, -0.2) is 0 Å². The molecule has 0 saturated heterocycles. The number of amides is 1. The monoisotopic (exact) mass is 317 g/mol. The summed E-state index contributed by atoms with van der Waals surface area (Å²) in [6.45, 7) is 2.07. The van der Waals surface area contributed by atoms with E-state index < -0.39 is 0 Å². The third kappa shape index (κ3) is 4.33. The smallest absolute Gasteiger partial charge is 0.310 e. The molecule has 0 aliphatic heterocycles. The maximum atomic E-state index is 12.1. The number of hydrogen-bond acceptors (Lipinski definition) is 3. The van der Waals surface area contributed by atoms with Crippen LogP contribution in [-0.2, 0) is 11.3 Å². The fourth-order valence-electron chi connectivity index (χ4n) is 1.80. The standard InChI is InChI=1S/C17H16ClNO3/c1-2-16(20)22-14-9-7-12(8-10-14)17(21)19-11-13-5-3-4-6-15(13)18/h3-10H,2,11H2,1H3,(H,19,21). The molecule has 0 atom stereocenters. The number of carbonyl (C=O) groups excluding carboxylic acids is 2. The highest BCUT2D eigenvalue weighted by Crippen LogP contribution is 2.15. The first-order valence-electron chi connectivity index (χ1n) is 6.92. The minimum atomic E-state index is -0.309. The van der Waals surface area contributed by atoms with Crippen LogP contribution >= 0.6 is 11.6 Å². The highest BCUT2D eigenvalue weighted by molar-refractivity contribution is 6.31. The normalized spacial score (nSPS) is 10.1. The molecule has 0 radical (unpaired) electrons. The van der Waals surface area contributed by atoms with E-state index in [1.165, 1.54) is 0 Å². The Morgan fingerprint density at radius 2 is 1.77 bits per heavy atom. The van der Waals surface area contributed by atoms with E-state index in [0.717, 1.165) is 5.56 Å². The minimum Gasteiger partial charge on any atom is -0.427 e. The number of carbonyl (C=O) groups is 2. The lowest BCUT2D eigenvalue weighted by atomic mass is 10.2. The molecule has 114 valence electrons. The van der Waals surface area contributed by atoms with Gasteiger partial charge in [-0.05, 0) is 35.9 Å². The number of ether oxygens (including phenoxy) is 1. The number of rotatable bonds is 5. The third-order valence-electron chi connectivity index (χ3n) is 3.03. The van der Waals surface area contributed by atoms with Crippen molar-refractivity contribution >= 4 is 23.5 Å². The highest BCUT2D eigenvalue weighted by atomic mass is 35.5. The molecule has 22 heavy (non-hydrogen) atoms. The molecule has 0 heterocycles. The maximum Gasteiger partial charge on any atom is 0.310 e. The second-order valence-corrected chi connectivity index (χ2v) is 5.03. The van der Waals surface area contributed by atoms with Crippen molar-refractivity contribution < 1.29 is 14.3 Å². The van der Waals surface area contributed by atoms with Gasteiger partial charge in [0.1, 0.15) is 5.75 Å². The van der Waals surface area contributed by atoms with Crippen LogP contribution in [-0.4, -0.2) is 11.9 Å². The molecule has 0 fully saturated rings. The van der Waals surface area contributed by atoms with Gasteiger partial charge in [-0.2, -0.15) is 0 Å². The quantitative estimate of drug-likeness (QED) is 0.677. The van der Waals surface area contributed by atoms with Crippen LogP contribution in [0, 0.1) is 0 Å². The molecule has 0 aliphatic carbocycles. The summed E-state index contributed by atoms with van der Waals surface area (Å²) in [4.78, 5) is 23.2. The van der Waals surface area contributed by atoms with E-state index in [1.54, 1.807) is 37.3 Å². The zero-order valence-corrected chi connectivity index (χ0v) is 12.9. The summed E-state index contributed by atoms with van der Waals surface area (Å²) in [6, 6.07) is 13.8. The zero-order chi connectivity index (χ0) is 15.9. The molecule has 2 aromatic rings. The van der Waals surface area contributed by atoms with Gasteiger partial charge in [0.25, 0.3) is 5.91 Å². The molecule has 0 aromatic heterocycles. The van der Waals surface area contributed by atoms with Crippen molar-refractivity contribution in [2.24, 2.45) is 0 Å². The molecule has 0 saturated carbocycles. The Hall–Kier alpha value is -2.33. The number of halogens is 1. The second kappa shape index (κ2) is 7.61. The Kier molecular flexibility index (Phi) is 5.55. The Balaban J connectivity index is 1.95. The van der Waals surface area contributed by atoms with E-state index >= 15 is 0 Å². The summed E-state index contributed by atoms with van der Waals surface area (Å²) in [5.41, 5.74) is 1.34. The average molecular weight is 318 g/mol. The van der Waals surface area contributed by atoms with Gasteiger partial charge in [0.05, 0.1) is 0 Å². The van der Waals surface area contributed by atoms with Gasteiger partial charge < -0.3 is 10.1 Å². The van der Waals surface area contributed by atoms with Gasteiger partial charge in [-0.1, -0.05) is 36.7 Å². The van der Waals surface area contributed by atoms with Crippen molar-refractivity contribution in [1.82, 2.24) is 5.32 Å². The van der Waals surface area contributed by atoms with Crippen molar-refractivity contribution in [2.75, 3.05) is 0 Å². The van der Waals surface area contributed by atoms with Gasteiger partial charge in [0.15, 0.2) is 0 Å². The lowest BCUT2D eigenvalue weighted by Crippen LogP contribution is -2.22. The summed E-state index contributed by atoms with van der Waals surface area (Å²) >= 11 is 6.04. The van der Waals surface area contributed by atoms with E-state index in [0.29, 0.717) is 29.3 Å². The SMILES string of the molecule is CCC(=O)Oc1ccc(C(=O)NCc2ccccc2Cl)cc1. The first-order chi connectivity index (χ1) is 10.6. The molecule has 0 spiro atoms. The summed E-state index contributed by atoms with van der Waals surface area (Å²) in [5.74, 6) is -0.0984. The first kappa shape index (κ1) is 16.0. The van der Waals surface area contributed by atoms with Crippen LogP contribution in [0.2, 0.25) is 5.02 Å². The highest BCUT2D eigenvalue weighted by Gasteiger charge is 2.08. The Labute approximate surface area is 134 Å². The molecule has 4 nitrogen and oxygen atoms in total. The van der Waals surface area contributed by atoms with Crippen molar-refractivity contribution in [3.63, 3.8) is 0 Å². The van der Waals surface area contributed by atoms with Crippen LogP contribution in [0.25, 0.3) is 0 Å². The molecular formula is C17H16ClNO3. The molecule has 2 aromatic carbocycles. The molecule has 0 bridgehead atoms. The van der Waals surface area contributed by atoms with Gasteiger partial charge in [0.2, 0.25) is 0 Å². The summed E-state index contributed by atoms with van der Waals surface area (Å²) in [6.07, 6.45) is 0.306. The average Bonchev–Trinajstić information content (AvgIpc) is 2.54. The molecule has 5 heteroatoms. The van der Waals surface area contributed by atoms with Gasteiger partial charge in [0, 0.05) is 23.6 Å². The number of benzene rings is 2.